The first-order valence-electron chi connectivity index (χ1n) is 5.52. The van der Waals surface area contributed by atoms with Crippen molar-refractivity contribution in [1.29, 1.82) is 0 Å². The third-order valence-corrected chi connectivity index (χ3v) is 3.29. The Kier molecular flexibility index (Phi) is 2.78. The lowest BCUT2D eigenvalue weighted by Crippen LogP contribution is -2.12. The molecule has 0 aliphatic rings. The van der Waals surface area contributed by atoms with Crippen molar-refractivity contribution in [2.75, 3.05) is 5.32 Å². The number of aromatic nitrogens is 1. The van der Waals surface area contributed by atoms with Gasteiger partial charge < -0.3 is 5.32 Å². The average molecular weight is 254 g/mol. The molecule has 3 aromatic rings. The van der Waals surface area contributed by atoms with Gasteiger partial charge >= 0.3 is 0 Å². The number of hydrogen-bond donors (Lipinski definition) is 1. The number of carbonyl (C=O) groups excluding carboxylic acids is 1. The summed E-state index contributed by atoms with van der Waals surface area (Å²) in [6.07, 6.45) is 0. The fourth-order valence-electron chi connectivity index (χ4n) is 1.85. The minimum atomic E-state index is -0.174. The second-order valence-electron chi connectivity index (χ2n) is 3.85. The number of hydrogen-bond acceptors (Lipinski definition) is 3. The van der Waals surface area contributed by atoms with Gasteiger partial charge in [0.15, 0.2) is 0 Å². The second kappa shape index (κ2) is 4.58. The Hall–Kier alpha value is -2.20. The number of nitrogens with zero attached hydrogens (tertiary/aromatic N) is 1. The van der Waals surface area contributed by atoms with Crippen LogP contribution < -0.4 is 5.32 Å². The van der Waals surface area contributed by atoms with E-state index in [1.807, 2.05) is 42.5 Å². The Morgan fingerprint density at radius 1 is 1.11 bits per heavy atom. The van der Waals surface area contributed by atoms with Crippen molar-refractivity contribution in [3.05, 3.63) is 59.0 Å². The molecule has 0 aliphatic carbocycles. The van der Waals surface area contributed by atoms with Crippen LogP contribution in [0.3, 0.4) is 0 Å². The van der Waals surface area contributed by atoms with E-state index in [0.717, 1.165) is 16.5 Å². The van der Waals surface area contributed by atoms with Crippen molar-refractivity contribution >= 4 is 33.7 Å². The Morgan fingerprint density at radius 2 is 1.94 bits per heavy atom. The Balaban J connectivity index is 1.98. The third-order valence-electron chi connectivity index (χ3n) is 2.70. The maximum Gasteiger partial charge on any atom is 0.275 e. The summed E-state index contributed by atoms with van der Waals surface area (Å²) in [6, 6.07) is 13.8. The summed E-state index contributed by atoms with van der Waals surface area (Å²) in [6.45, 7) is 0. The fraction of sp³-hybridized carbons (Fsp3) is 0. The molecule has 0 spiro atoms. The highest BCUT2D eigenvalue weighted by Gasteiger charge is 2.09. The lowest BCUT2D eigenvalue weighted by atomic mass is 10.1. The number of rotatable bonds is 2. The van der Waals surface area contributed by atoms with E-state index in [-0.39, 0.29) is 5.91 Å². The van der Waals surface area contributed by atoms with Crippen LogP contribution in [-0.4, -0.2) is 10.9 Å². The van der Waals surface area contributed by atoms with Crippen LogP contribution in [0.4, 0.5) is 5.69 Å². The van der Waals surface area contributed by atoms with E-state index in [0.29, 0.717) is 5.69 Å². The van der Waals surface area contributed by atoms with Crippen molar-refractivity contribution < 1.29 is 4.79 Å². The molecule has 0 bridgehead atoms. The molecule has 3 nitrogen and oxygen atoms in total. The van der Waals surface area contributed by atoms with E-state index >= 15 is 0 Å². The highest BCUT2D eigenvalue weighted by Crippen LogP contribution is 2.23. The average Bonchev–Trinajstić information content (AvgIpc) is 2.93. The Bertz CT molecular complexity index is 687. The van der Waals surface area contributed by atoms with E-state index in [2.05, 4.69) is 10.3 Å². The molecule has 1 aromatic heterocycles. The zero-order valence-electron chi connectivity index (χ0n) is 9.46. The number of fused-ring (bicyclic) bond motifs is 1. The minimum absolute atomic E-state index is 0.174. The topological polar surface area (TPSA) is 42.0 Å². The van der Waals surface area contributed by atoms with Crippen molar-refractivity contribution in [1.82, 2.24) is 4.98 Å². The van der Waals surface area contributed by atoms with Gasteiger partial charge in [-0.25, -0.2) is 4.98 Å². The van der Waals surface area contributed by atoms with Crippen LogP contribution in [0.5, 0.6) is 0 Å². The zero-order chi connectivity index (χ0) is 12.4. The van der Waals surface area contributed by atoms with Crippen LogP contribution in [0, 0.1) is 0 Å². The molecular formula is C14H10N2OS. The van der Waals surface area contributed by atoms with Crippen molar-refractivity contribution in [3.8, 4) is 0 Å². The van der Waals surface area contributed by atoms with Crippen LogP contribution >= 0.6 is 11.3 Å². The van der Waals surface area contributed by atoms with E-state index in [4.69, 9.17) is 0 Å². The molecule has 1 heterocycles. The molecular weight excluding hydrogens is 244 g/mol. The van der Waals surface area contributed by atoms with Gasteiger partial charge in [0.1, 0.15) is 5.69 Å². The maximum absolute atomic E-state index is 12.0. The molecule has 88 valence electrons. The van der Waals surface area contributed by atoms with Gasteiger partial charge in [0.2, 0.25) is 0 Å². The summed E-state index contributed by atoms with van der Waals surface area (Å²) in [5.74, 6) is -0.174. The predicted molar refractivity (Wildman–Crippen MR) is 74.0 cm³/mol. The van der Waals surface area contributed by atoms with Gasteiger partial charge in [0.05, 0.1) is 5.51 Å². The van der Waals surface area contributed by atoms with Gasteiger partial charge in [-0.15, -0.1) is 11.3 Å². The Labute approximate surface area is 108 Å². The van der Waals surface area contributed by atoms with Gasteiger partial charge in [0, 0.05) is 16.5 Å². The molecule has 2 aromatic carbocycles. The van der Waals surface area contributed by atoms with Crippen LogP contribution in [0.15, 0.2) is 53.4 Å². The van der Waals surface area contributed by atoms with Crippen LogP contribution in [-0.2, 0) is 0 Å². The largest absolute Gasteiger partial charge is 0.320 e. The normalized spacial score (nSPS) is 10.4. The first-order valence-corrected chi connectivity index (χ1v) is 6.46. The summed E-state index contributed by atoms with van der Waals surface area (Å²) in [7, 11) is 0. The molecule has 0 atom stereocenters. The van der Waals surface area contributed by atoms with Gasteiger partial charge in [-0.3, -0.25) is 4.79 Å². The predicted octanol–water partition coefficient (Wildman–Crippen LogP) is 3.55. The highest BCUT2D eigenvalue weighted by atomic mass is 32.1. The molecule has 1 amide bonds. The van der Waals surface area contributed by atoms with Gasteiger partial charge in [0.25, 0.3) is 5.91 Å². The molecule has 3 rings (SSSR count). The molecule has 0 aliphatic heterocycles. The summed E-state index contributed by atoms with van der Waals surface area (Å²) in [4.78, 5) is 16.0. The number of amides is 1. The van der Waals surface area contributed by atoms with Crippen molar-refractivity contribution in [2.24, 2.45) is 0 Å². The summed E-state index contributed by atoms with van der Waals surface area (Å²) >= 11 is 1.41. The zero-order valence-corrected chi connectivity index (χ0v) is 10.3. The SMILES string of the molecule is O=C(Nc1cccc2ccccc12)c1cscn1. The highest BCUT2D eigenvalue weighted by molar-refractivity contribution is 7.07. The lowest BCUT2D eigenvalue weighted by Gasteiger charge is -2.07. The Morgan fingerprint density at radius 3 is 2.78 bits per heavy atom. The monoisotopic (exact) mass is 254 g/mol. The first kappa shape index (κ1) is 10.9. The van der Waals surface area contributed by atoms with Gasteiger partial charge in [-0.1, -0.05) is 36.4 Å². The maximum atomic E-state index is 12.0. The number of carbonyl (C=O) groups is 1. The third kappa shape index (κ3) is 1.98. The molecule has 0 saturated carbocycles. The number of nitrogens with one attached hydrogen (secondary N) is 1. The molecule has 1 N–H and O–H groups in total. The second-order valence-corrected chi connectivity index (χ2v) is 4.57. The summed E-state index contributed by atoms with van der Waals surface area (Å²) < 4.78 is 0. The summed E-state index contributed by atoms with van der Waals surface area (Å²) in [5, 5.41) is 6.77. The molecule has 0 unspecified atom stereocenters. The standard InChI is InChI=1S/C14H10N2OS/c17-14(13-8-18-9-15-13)16-12-7-3-5-10-4-1-2-6-11(10)12/h1-9H,(H,16,17). The fourth-order valence-corrected chi connectivity index (χ4v) is 2.38. The molecule has 18 heavy (non-hydrogen) atoms. The molecule has 0 fully saturated rings. The lowest BCUT2D eigenvalue weighted by molar-refractivity contribution is 0.102. The minimum Gasteiger partial charge on any atom is -0.320 e. The van der Waals surface area contributed by atoms with Crippen LogP contribution in [0.1, 0.15) is 10.5 Å². The van der Waals surface area contributed by atoms with E-state index < -0.39 is 0 Å². The van der Waals surface area contributed by atoms with E-state index in [9.17, 15) is 4.79 Å². The molecule has 4 heteroatoms. The van der Waals surface area contributed by atoms with Gasteiger partial charge in [-0.2, -0.15) is 0 Å². The van der Waals surface area contributed by atoms with E-state index in [1.165, 1.54) is 11.3 Å². The summed E-state index contributed by atoms with van der Waals surface area (Å²) in [5.41, 5.74) is 2.91. The number of benzene rings is 2. The van der Waals surface area contributed by atoms with Crippen molar-refractivity contribution in [2.45, 2.75) is 0 Å². The first-order chi connectivity index (χ1) is 8.84. The molecule has 0 saturated heterocycles. The van der Waals surface area contributed by atoms with Gasteiger partial charge in [-0.05, 0) is 11.5 Å². The number of thiazole rings is 1. The molecule has 0 radical (unpaired) electrons. The van der Waals surface area contributed by atoms with Crippen molar-refractivity contribution in [3.63, 3.8) is 0 Å². The number of anilines is 1. The van der Waals surface area contributed by atoms with Crippen LogP contribution in [0.25, 0.3) is 10.8 Å². The van der Waals surface area contributed by atoms with E-state index in [1.54, 1.807) is 10.9 Å². The smallest absolute Gasteiger partial charge is 0.275 e. The quantitative estimate of drug-likeness (QED) is 0.760. The van der Waals surface area contributed by atoms with Crippen LogP contribution in [0.2, 0.25) is 0 Å².